The summed E-state index contributed by atoms with van der Waals surface area (Å²) >= 11 is 0. The molecule has 0 aliphatic carbocycles. The minimum absolute atomic E-state index is 0.300. The molecule has 0 aromatic carbocycles. The van der Waals surface area contributed by atoms with Gasteiger partial charge in [-0.25, -0.2) is 0 Å². The Hall–Kier alpha value is -0.450. The average molecular weight is 229 g/mol. The standard InChI is InChI=1S/C12H23NO3/c1-15-9-10-16-8-2-5-13-6-3-12(11-14)4-7-13/h11-12H,2-10H2,1H3. The Morgan fingerprint density at radius 2 is 2.00 bits per heavy atom. The summed E-state index contributed by atoms with van der Waals surface area (Å²) in [7, 11) is 1.68. The second-order valence-corrected chi connectivity index (χ2v) is 4.27. The third-order valence-electron chi connectivity index (χ3n) is 3.02. The number of rotatable bonds is 8. The van der Waals surface area contributed by atoms with Crippen molar-refractivity contribution in [2.45, 2.75) is 19.3 Å². The fourth-order valence-electron chi connectivity index (χ4n) is 1.95. The van der Waals surface area contributed by atoms with Gasteiger partial charge in [-0.05, 0) is 32.4 Å². The minimum atomic E-state index is 0.300. The predicted octanol–water partition coefficient (Wildman–Crippen LogP) is 0.950. The van der Waals surface area contributed by atoms with E-state index in [0.717, 1.165) is 51.8 Å². The van der Waals surface area contributed by atoms with Crippen LogP contribution >= 0.6 is 0 Å². The number of carbonyl (C=O) groups is 1. The summed E-state index contributed by atoms with van der Waals surface area (Å²) in [6, 6.07) is 0. The number of ether oxygens (including phenoxy) is 2. The lowest BCUT2D eigenvalue weighted by atomic mass is 9.98. The first-order chi connectivity index (χ1) is 7.86. The molecule has 0 aromatic rings. The molecule has 0 atom stereocenters. The van der Waals surface area contributed by atoms with Gasteiger partial charge < -0.3 is 19.2 Å². The molecule has 0 N–H and O–H groups in total. The maximum absolute atomic E-state index is 10.6. The maximum atomic E-state index is 10.6. The first-order valence-corrected chi connectivity index (χ1v) is 6.11. The number of nitrogens with zero attached hydrogens (tertiary/aromatic N) is 1. The molecule has 0 unspecified atom stereocenters. The summed E-state index contributed by atoms with van der Waals surface area (Å²) in [6.45, 7) is 5.35. The van der Waals surface area contributed by atoms with E-state index in [-0.39, 0.29) is 0 Å². The van der Waals surface area contributed by atoms with E-state index in [4.69, 9.17) is 9.47 Å². The molecule has 0 amide bonds. The Morgan fingerprint density at radius 1 is 1.25 bits per heavy atom. The van der Waals surface area contributed by atoms with E-state index in [1.807, 2.05) is 0 Å². The van der Waals surface area contributed by atoms with Crippen molar-refractivity contribution in [3.63, 3.8) is 0 Å². The molecule has 0 spiro atoms. The predicted molar refractivity (Wildman–Crippen MR) is 62.5 cm³/mol. The number of aldehydes is 1. The van der Waals surface area contributed by atoms with Crippen molar-refractivity contribution in [3.05, 3.63) is 0 Å². The molecule has 4 heteroatoms. The van der Waals surface area contributed by atoms with Crippen LogP contribution in [0.1, 0.15) is 19.3 Å². The Kier molecular flexibility index (Phi) is 7.38. The number of piperidine rings is 1. The van der Waals surface area contributed by atoms with Gasteiger partial charge in [-0.1, -0.05) is 0 Å². The van der Waals surface area contributed by atoms with Gasteiger partial charge in [-0.3, -0.25) is 0 Å². The molecule has 16 heavy (non-hydrogen) atoms. The molecule has 94 valence electrons. The van der Waals surface area contributed by atoms with Crippen LogP contribution in [0.2, 0.25) is 0 Å². The van der Waals surface area contributed by atoms with Crippen molar-refractivity contribution in [3.8, 4) is 0 Å². The lowest BCUT2D eigenvalue weighted by Crippen LogP contribution is -2.35. The van der Waals surface area contributed by atoms with Crippen LogP contribution in [0.4, 0.5) is 0 Å². The van der Waals surface area contributed by atoms with Crippen LogP contribution < -0.4 is 0 Å². The van der Waals surface area contributed by atoms with Gasteiger partial charge in [0, 0.05) is 26.2 Å². The molecular weight excluding hydrogens is 206 g/mol. The van der Waals surface area contributed by atoms with E-state index >= 15 is 0 Å². The van der Waals surface area contributed by atoms with Crippen molar-refractivity contribution in [1.29, 1.82) is 0 Å². The zero-order valence-electron chi connectivity index (χ0n) is 10.2. The Morgan fingerprint density at radius 3 is 2.62 bits per heavy atom. The second-order valence-electron chi connectivity index (χ2n) is 4.27. The van der Waals surface area contributed by atoms with Gasteiger partial charge in [0.2, 0.25) is 0 Å². The van der Waals surface area contributed by atoms with Crippen molar-refractivity contribution in [1.82, 2.24) is 4.90 Å². The lowest BCUT2D eigenvalue weighted by molar-refractivity contribution is -0.112. The van der Waals surface area contributed by atoms with Crippen molar-refractivity contribution in [2.24, 2.45) is 5.92 Å². The third kappa shape index (κ3) is 5.58. The molecule has 1 fully saturated rings. The quantitative estimate of drug-likeness (QED) is 0.459. The summed E-state index contributed by atoms with van der Waals surface area (Å²) < 4.78 is 10.3. The monoisotopic (exact) mass is 229 g/mol. The number of likely N-dealkylation sites (tertiary alicyclic amines) is 1. The molecule has 0 radical (unpaired) electrons. The van der Waals surface area contributed by atoms with E-state index in [0.29, 0.717) is 19.1 Å². The number of hydrogen-bond acceptors (Lipinski definition) is 4. The summed E-state index contributed by atoms with van der Waals surface area (Å²) in [5.74, 6) is 0.300. The van der Waals surface area contributed by atoms with E-state index in [9.17, 15) is 4.79 Å². The Balaban J connectivity index is 1.92. The zero-order valence-corrected chi connectivity index (χ0v) is 10.2. The molecule has 4 nitrogen and oxygen atoms in total. The molecule has 1 aliphatic rings. The summed E-state index contributed by atoms with van der Waals surface area (Å²) in [5, 5.41) is 0. The van der Waals surface area contributed by atoms with Gasteiger partial charge in [0.15, 0.2) is 0 Å². The van der Waals surface area contributed by atoms with Crippen LogP contribution in [0, 0.1) is 5.92 Å². The number of carbonyl (C=O) groups excluding carboxylic acids is 1. The summed E-state index contributed by atoms with van der Waals surface area (Å²) in [4.78, 5) is 13.0. The van der Waals surface area contributed by atoms with Gasteiger partial charge in [0.05, 0.1) is 13.2 Å². The third-order valence-corrected chi connectivity index (χ3v) is 3.02. The summed E-state index contributed by atoms with van der Waals surface area (Å²) in [5.41, 5.74) is 0. The topological polar surface area (TPSA) is 38.8 Å². The molecule has 1 aliphatic heterocycles. The molecule has 1 heterocycles. The fourth-order valence-corrected chi connectivity index (χ4v) is 1.95. The summed E-state index contributed by atoms with van der Waals surface area (Å²) in [6.07, 6.45) is 4.21. The van der Waals surface area contributed by atoms with E-state index in [1.165, 1.54) is 0 Å². The van der Waals surface area contributed by atoms with E-state index in [1.54, 1.807) is 7.11 Å². The van der Waals surface area contributed by atoms with Crippen molar-refractivity contribution >= 4 is 6.29 Å². The van der Waals surface area contributed by atoms with Crippen LogP contribution in [0.25, 0.3) is 0 Å². The first kappa shape index (κ1) is 13.6. The fraction of sp³-hybridized carbons (Fsp3) is 0.917. The molecule has 0 bridgehead atoms. The molecule has 1 saturated heterocycles. The van der Waals surface area contributed by atoms with Gasteiger partial charge in [-0.2, -0.15) is 0 Å². The molecule has 1 rings (SSSR count). The smallest absolute Gasteiger partial charge is 0.123 e. The van der Waals surface area contributed by atoms with Crippen LogP contribution in [0.5, 0.6) is 0 Å². The van der Waals surface area contributed by atoms with Crippen molar-refractivity contribution in [2.75, 3.05) is 46.6 Å². The normalized spacial score (nSPS) is 18.8. The molecular formula is C12H23NO3. The largest absolute Gasteiger partial charge is 0.382 e. The van der Waals surface area contributed by atoms with Crippen LogP contribution in [-0.2, 0) is 14.3 Å². The van der Waals surface area contributed by atoms with Gasteiger partial charge >= 0.3 is 0 Å². The lowest BCUT2D eigenvalue weighted by Gasteiger charge is -2.29. The van der Waals surface area contributed by atoms with Crippen LogP contribution in [0.15, 0.2) is 0 Å². The van der Waals surface area contributed by atoms with Crippen LogP contribution in [-0.4, -0.2) is 57.8 Å². The van der Waals surface area contributed by atoms with Gasteiger partial charge in [0.25, 0.3) is 0 Å². The number of hydrogen-bond donors (Lipinski definition) is 0. The van der Waals surface area contributed by atoms with Gasteiger partial charge in [-0.15, -0.1) is 0 Å². The minimum Gasteiger partial charge on any atom is -0.382 e. The van der Waals surface area contributed by atoms with Gasteiger partial charge in [0.1, 0.15) is 6.29 Å². The highest BCUT2D eigenvalue weighted by atomic mass is 16.5. The highest BCUT2D eigenvalue weighted by Gasteiger charge is 2.17. The zero-order chi connectivity index (χ0) is 11.6. The Labute approximate surface area is 97.9 Å². The number of methoxy groups -OCH3 is 1. The first-order valence-electron chi connectivity index (χ1n) is 6.11. The average Bonchev–Trinajstić information content (AvgIpc) is 2.34. The van der Waals surface area contributed by atoms with Crippen LogP contribution in [0.3, 0.4) is 0 Å². The van der Waals surface area contributed by atoms with Crippen molar-refractivity contribution < 1.29 is 14.3 Å². The van der Waals surface area contributed by atoms with E-state index in [2.05, 4.69) is 4.90 Å². The SMILES string of the molecule is COCCOCCCN1CCC(C=O)CC1. The molecule has 0 aromatic heterocycles. The second kappa shape index (κ2) is 8.67. The highest BCUT2D eigenvalue weighted by Crippen LogP contribution is 2.14. The highest BCUT2D eigenvalue weighted by molar-refractivity contribution is 5.53. The maximum Gasteiger partial charge on any atom is 0.123 e. The van der Waals surface area contributed by atoms with E-state index < -0.39 is 0 Å². The Bertz CT molecular complexity index is 179. The molecule has 0 saturated carbocycles.